The fourth-order valence-corrected chi connectivity index (χ4v) is 2.59. The molecule has 0 fully saturated rings. The molecule has 4 rings (SSSR count). The summed E-state index contributed by atoms with van der Waals surface area (Å²) in [5.41, 5.74) is 2.96. The van der Waals surface area contributed by atoms with Gasteiger partial charge in [-0.3, -0.25) is 4.68 Å². The Labute approximate surface area is 134 Å². The van der Waals surface area contributed by atoms with Crippen molar-refractivity contribution < 1.29 is 4.74 Å². The van der Waals surface area contributed by atoms with Crippen LogP contribution in [0, 0.1) is 0 Å². The van der Waals surface area contributed by atoms with Gasteiger partial charge in [-0.05, 0) is 17.7 Å². The van der Waals surface area contributed by atoms with Gasteiger partial charge in [-0.15, -0.1) is 0 Å². The van der Waals surface area contributed by atoms with Crippen molar-refractivity contribution in [1.29, 1.82) is 0 Å². The number of ether oxygens (including phenoxy) is 1. The zero-order chi connectivity index (χ0) is 15.6. The van der Waals surface area contributed by atoms with Gasteiger partial charge < -0.3 is 4.74 Å². The van der Waals surface area contributed by atoms with Crippen LogP contribution in [0.5, 0.6) is 11.6 Å². The van der Waals surface area contributed by atoms with Crippen LogP contribution in [0.2, 0.25) is 0 Å². The smallest absolute Gasteiger partial charge is 0.221 e. The molecule has 0 unspecified atom stereocenters. The van der Waals surface area contributed by atoms with Crippen molar-refractivity contribution in [2.45, 2.75) is 0 Å². The molecule has 2 heterocycles. The third-order valence-electron chi connectivity index (χ3n) is 3.74. The van der Waals surface area contributed by atoms with E-state index in [0.717, 1.165) is 27.9 Å². The number of aromatic nitrogens is 3. The van der Waals surface area contributed by atoms with E-state index in [9.17, 15) is 0 Å². The molecule has 0 spiro atoms. The number of hydrogen-bond donors (Lipinski definition) is 0. The molecule has 4 heteroatoms. The summed E-state index contributed by atoms with van der Waals surface area (Å²) in [6.45, 7) is 0. The molecular weight excluding hydrogens is 286 g/mol. The van der Waals surface area contributed by atoms with Crippen LogP contribution in [-0.2, 0) is 7.05 Å². The summed E-state index contributed by atoms with van der Waals surface area (Å²) >= 11 is 0. The normalized spacial score (nSPS) is 10.8. The van der Waals surface area contributed by atoms with Gasteiger partial charge in [0.15, 0.2) is 5.65 Å². The summed E-state index contributed by atoms with van der Waals surface area (Å²) in [6.07, 6.45) is 1.80. The lowest BCUT2D eigenvalue weighted by molar-refractivity contribution is 0.466. The van der Waals surface area contributed by atoms with Gasteiger partial charge in [-0.25, -0.2) is 0 Å². The molecule has 23 heavy (non-hydrogen) atoms. The molecule has 0 amide bonds. The molecule has 4 aromatic rings. The van der Waals surface area contributed by atoms with Gasteiger partial charge in [-0.1, -0.05) is 48.5 Å². The third-order valence-corrected chi connectivity index (χ3v) is 3.74. The molecule has 112 valence electrons. The lowest BCUT2D eigenvalue weighted by Crippen LogP contribution is -1.94. The fourth-order valence-electron chi connectivity index (χ4n) is 2.59. The third kappa shape index (κ3) is 2.55. The van der Waals surface area contributed by atoms with E-state index >= 15 is 0 Å². The molecule has 0 atom stereocenters. The Morgan fingerprint density at radius 1 is 0.870 bits per heavy atom. The Morgan fingerprint density at radius 2 is 1.65 bits per heavy atom. The van der Waals surface area contributed by atoms with Crippen LogP contribution in [-0.4, -0.2) is 14.8 Å². The van der Waals surface area contributed by atoms with Crippen LogP contribution >= 0.6 is 0 Å². The van der Waals surface area contributed by atoms with Crippen LogP contribution < -0.4 is 4.74 Å². The topological polar surface area (TPSA) is 39.9 Å². The molecule has 0 saturated heterocycles. The first-order valence-electron chi connectivity index (χ1n) is 7.42. The van der Waals surface area contributed by atoms with Crippen molar-refractivity contribution in [1.82, 2.24) is 14.8 Å². The van der Waals surface area contributed by atoms with E-state index in [2.05, 4.69) is 22.2 Å². The quantitative estimate of drug-likeness (QED) is 0.562. The highest BCUT2D eigenvalue weighted by Crippen LogP contribution is 2.32. The van der Waals surface area contributed by atoms with Gasteiger partial charge in [0.25, 0.3) is 0 Å². The average molecular weight is 301 g/mol. The molecular formula is C19H15N3O. The molecule has 0 aliphatic heterocycles. The van der Waals surface area contributed by atoms with E-state index in [0.29, 0.717) is 5.88 Å². The van der Waals surface area contributed by atoms with Crippen molar-refractivity contribution in [3.05, 3.63) is 72.9 Å². The van der Waals surface area contributed by atoms with Gasteiger partial charge in [0.2, 0.25) is 5.88 Å². The van der Waals surface area contributed by atoms with Crippen molar-refractivity contribution in [3.8, 4) is 22.8 Å². The number of para-hydroxylation sites is 1. The highest BCUT2D eigenvalue weighted by Gasteiger charge is 2.09. The molecule has 0 saturated carbocycles. The lowest BCUT2D eigenvalue weighted by atomic mass is 10.1. The predicted molar refractivity (Wildman–Crippen MR) is 90.5 cm³/mol. The monoisotopic (exact) mass is 301 g/mol. The van der Waals surface area contributed by atoms with Crippen LogP contribution in [0.4, 0.5) is 0 Å². The van der Waals surface area contributed by atoms with Gasteiger partial charge in [0.1, 0.15) is 5.75 Å². The summed E-state index contributed by atoms with van der Waals surface area (Å²) in [5.74, 6) is 1.34. The maximum Gasteiger partial charge on any atom is 0.221 e. The largest absolute Gasteiger partial charge is 0.438 e. The summed E-state index contributed by atoms with van der Waals surface area (Å²) in [5, 5.41) is 5.20. The Morgan fingerprint density at radius 3 is 2.52 bits per heavy atom. The SMILES string of the molecule is Cn1ncc2ccc(Oc3ccccc3-c3ccccc3)nc21. The number of fused-ring (bicyclic) bond motifs is 1. The van der Waals surface area contributed by atoms with Gasteiger partial charge >= 0.3 is 0 Å². The van der Waals surface area contributed by atoms with Crippen molar-refractivity contribution in [2.75, 3.05) is 0 Å². The minimum absolute atomic E-state index is 0.560. The summed E-state index contributed by atoms with van der Waals surface area (Å²) in [4.78, 5) is 4.54. The summed E-state index contributed by atoms with van der Waals surface area (Å²) in [6, 6.07) is 22.0. The molecule has 0 aliphatic rings. The molecule has 4 nitrogen and oxygen atoms in total. The molecule has 0 aliphatic carbocycles. The Kier molecular flexibility index (Phi) is 3.27. The number of hydrogen-bond acceptors (Lipinski definition) is 3. The predicted octanol–water partition coefficient (Wildman–Crippen LogP) is 4.43. The number of pyridine rings is 1. The number of rotatable bonds is 3. The number of aryl methyl sites for hydroxylation is 1. The van der Waals surface area contributed by atoms with E-state index in [1.54, 1.807) is 10.9 Å². The van der Waals surface area contributed by atoms with Gasteiger partial charge in [0, 0.05) is 24.1 Å². The lowest BCUT2D eigenvalue weighted by Gasteiger charge is -2.10. The minimum atomic E-state index is 0.560. The molecule has 0 radical (unpaired) electrons. The maximum absolute atomic E-state index is 6.04. The first-order valence-corrected chi connectivity index (χ1v) is 7.42. The number of benzene rings is 2. The second-order valence-electron chi connectivity index (χ2n) is 5.29. The Bertz CT molecular complexity index is 961. The van der Waals surface area contributed by atoms with E-state index in [4.69, 9.17) is 4.74 Å². The van der Waals surface area contributed by atoms with Crippen LogP contribution in [0.15, 0.2) is 72.9 Å². The van der Waals surface area contributed by atoms with Crippen molar-refractivity contribution in [2.24, 2.45) is 7.05 Å². The second-order valence-corrected chi connectivity index (χ2v) is 5.29. The fraction of sp³-hybridized carbons (Fsp3) is 0.0526. The van der Waals surface area contributed by atoms with Crippen molar-refractivity contribution in [3.63, 3.8) is 0 Å². The molecule has 2 aromatic carbocycles. The first-order chi connectivity index (χ1) is 11.3. The van der Waals surface area contributed by atoms with Crippen LogP contribution in [0.1, 0.15) is 0 Å². The zero-order valence-electron chi connectivity index (χ0n) is 12.7. The average Bonchev–Trinajstić information content (AvgIpc) is 2.97. The van der Waals surface area contributed by atoms with Gasteiger partial charge in [-0.2, -0.15) is 10.1 Å². The highest BCUT2D eigenvalue weighted by atomic mass is 16.5. The van der Waals surface area contributed by atoms with Crippen LogP contribution in [0.25, 0.3) is 22.2 Å². The van der Waals surface area contributed by atoms with E-state index in [-0.39, 0.29) is 0 Å². The summed E-state index contributed by atoms with van der Waals surface area (Å²) in [7, 11) is 1.87. The first kappa shape index (κ1) is 13.5. The molecule has 0 bridgehead atoms. The Balaban J connectivity index is 1.75. The van der Waals surface area contributed by atoms with Crippen LogP contribution in [0.3, 0.4) is 0 Å². The zero-order valence-corrected chi connectivity index (χ0v) is 12.7. The second kappa shape index (κ2) is 5.57. The van der Waals surface area contributed by atoms with Crippen molar-refractivity contribution >= 4 is 11.0 Å². The number of nitrogens with zero attached hydrogens (tertiary/aromatic N) is 3. The van der Waals surface area contributed by atoms with E-state index in [1.807, 2.05) is 61.6 Å². The summed E-state index contributed by atoms with van der Waals surface area (Å²) < 4.78 is 7.79. The highest BCUT2D eigenvalue weighted by molar-refractivity contribution is 5.75. The molecule has 0 N–H and O–H groups in total. The maximum atomic E-state index is 6.04. The van der Waals surface area contributed by atoms with Gasteiger partial charge in [0.05, 0.1) is 6.20 Å². The van der Waals surface area contributed by atoms with E-state index in [1.165, 1.54) is 0 Å². The standard InChI is InChI=1S/C19H15N3O/c1-22-19-15(13-20-22)11-12-18(21-19)23-17-10-6-5-9-16(17)14-7-3-2-4-8-14/h2-13H,1H3. The van der Waals surface area contributed by atoms with E-state index < -0.39 is 0 Å². The molecule has 2 aromatic heterocycles. The Hall–Kier alpha value is -3.14. The minimum Gasteiger partial charge on any atom is -0.438 e.